The predicted molar refractivity (Wildman–Crippen MR) is 88.3 cm³/mol. The molecule has 0 saturated carbocycles. The molecule has 0 aliphatic carbocycles. The molecule has 0 spiro atoms. The molecular weight excluding hydrogens is 1310 g/mol. The van der Waals surface area contributed by atoms with Gasteiger partial charge in [0.1, 0.15) is 0 Å². The third-order valence-corrected chi connectivity index (χ3v) is 1.59. The fourth-order valence-corrected chi connectivity index (χ4v) is 0.172. The Hall–Kier alpha value is 12.2. The fourth-order valence-electron chi connectivity index (χ4n) is 0.172. The van der Waals surface area contributed by atoms with Crippen LogP contribution in [-0.2, 0) is 399 Å². The molecule has 38 heavy (non-hydrogen) atoms. The zero-order valence-corrected chi connectivity index (χ0v) is 53.3. The van der Waals surface area contributed by atoms with E-state index in [9.17, 15) is 0 Å². The summed E-state index contributed by atoms with van der Waals surface area (Å²) in [5, 5.41) is 0. The first-order valence-corrected chi connectivity index (χ1v) is 6.37. The van der Waals surface area contributed by atoms with Gasteiger partial charge in [-0.1, -0.05) is 49.0 Å². The molecule has 2 nitrogen and oxygen atoms in total. The van der Waals surface area contributed by atoms with Gasteiger partial charge in [0, 0.05) is 399 Å². The van der Waals surface area contributed by atoms with Crippen LogP contribution in [-0.4, -0.2) is 21.9 Å². The van der Waals surface area contributed by atoms with Crippen LogP contribution < -0.4 is 0 Å². The van der Waals surface area contributed by atoms with Crippen LogP contribution >= 0.6 is 0 Å². The maximum Gasteiger partial charge on any atom is 0 e. The predicted octanol–water partition coefficient (Wildman–Crippen LogP) is 5.35. The van der Waals surface area contributed by atoms with Crippen LogP contribution in [0.2, 0.25) is 0 Å². The number of hydrogen-bond acceptors (Lipinski definition) is 2. The molecule has 0 aliphatic heterocycles. The van der Waals surface area contributed by atoms with Crippen molar-refractivity contribution in [2.75, 3.05) is 0 Å². The van der Waals surface area contributed by atoms with Crippen molar-refractivity contribution in [3.63, 3.8) is 0 Å². The van der Waals surface area contributed by atoms with Crippen LogP contribution in [0.5, 0.6) is 0 Å². The second kappa shape index (κ2) is 180. The molecule has 0 heterocycles. The second-order valence-corrected chi connectivity index (χ2v) is 3.44. The Kier molecular flexibility index (Phi) is 905. The van der Waals surface area contributed by atoms with Gasteiger partial charge >= 0.3 is 0 Å². The van der Waals surface area contributed by atoms with Crippen molar-refractivity contribution < 1.29 is 399 Å². The Bertz CT molecular complexity index is 160. The van der Waals surface area contributed by atoms with Crippen molar-refractivity contribution in [1.29, 1.82) is 0 Å². The monoisotopic (exact) mass is 1350 g/mol. The Morgan fingerprint density at radius 1 is 0.447 bits per heavy atom. The molecule has 212 valence electrons. The van der Waals surface area contributed by atoms with E-state index >= 15 is 0 Å². The van der Waals surface area contributed by atoms with E-state index in [2.05, 4.69) is 21.1 Å². The molecule has 0 saturated heterocycles. The van der Waals surface area contributed by atoms with Crippen LogP contribution in [0.15, 0.2) is 6.20 Å². The van der Waals surface area contributed by atoms with Crippen LogP contribution in [0.3, 0.4) is 0 Å². The summed E-state index contributed by atoms with van der Waals surface area (Å²) in [6, 6.07) is 0.870. The van der Waals surface area contributed by atoms with Gasteiger partial charge in [-0.3, -0.25) is 7.05 Å². The standard InChI is InChI=1S/C6H11N.C5H11N.2C2H6.CH4.18V.2Y/c1-5-7(4)6(2)3;1-5(2)6(3)4;2*1-2;;;;;;;;;;;;;;;;;;;;;/h1,5-6H,4H2,2-3H3;5H,3-4H2,1-2H3;2*1-2H3;1H4;;;;;;;;;;;;;;;;;;;;/q2*-2;;;;;;;;;;;;;;;;;;;;;;;. The molecule has 0 aromatic carbocycles. The third-order valence-electron chi connectivity index (χ3n) is 1.59. The van der Waals surface area contributed by atoms with E-state index < -0.39 is 0 Å². The zero-order chi connectivity index (χ0) is 15.0. The summed E-state index contributed by atoms with van der Waals surface area (Å²) in [4.78, 5) is 3.36. The minimum Gasteiger partial charge on any atom is -0.608 e. The minimum absolute atomic E-state index is 0. The topological polar surface area (TPSA) is 6.48 Å². The molecule has 0 atom stereocenters. The summed E-state index contributed by atoms with van der Waals surface area (Å²) in [5.74, 6) is 0. The largest absolute Gasteiger partial charge is 0.608 e. The van der Waals surface area contributed by atoms with Gasteiger partial charge in [-0.2, -0.15) is 0 Å². The molecule has 0 aromatic heterocycles. The molecule has 0 unspecified atom stereocenters. The van der Waals surface area contributed by atoms with Crippen molar-refractivity contribution in [1.82, 2.24) is 9.80 Å². The fraction of sp³-hybridized carbons (Fsp3) is 0.688. The van der Waals surface area contributed by atoms with E-state index in [1.54, 1.807) is 9.80 Å². The van der Waals surface area contributed by atoms with Gasteiger partial charge in [0.05, 0.1) is 0 Å². The van der Waals surface area contributed by atoms with E-state index in [1.807, 2.05) is 55.4 Å². The smallest absolute Gasteiger partial charge is 0 e. The van der Waals surface area contributed by atoms with E-state index in [1.165, 1.54) is 6.20 Å². The minimum atomic E-state index is 0. The molecule has 0 amide bonds. The maximum absolute atomic E-state index is 5.11. The van der Waals surface area contributed by atoms with Gasteiger partial charge in [-0.05, 0) is 25.9 Å². The van der Waals surface area contributed by atoms with Crippen molar-refractivity contribution in [3.8, 4) is 0 Å². The average Bonchev–Trinajstić information content (AvgIpc) is 2.33. The van der Waals surface area contributed by atoms with Crippen molar-refractivity contribution >= 4 is 0 Å². The Morgan fingerprint density at radius 2 is 0.553 bits per heavy atom. The van der Waals surface area contributed by atoms with Gasteiger partial charge in [0.25, 0.3) is 0 Å². The molecule has 0 N–H and O–H groups in total. The van der Waals surface area contributed by atoms with Gasteiger partial charge in [0.15, 0.2) is 0 Å². The van der Waals surface area contributed by atoms with Crippen LogP contribution in [0.4, 0.5) is 0 Å². The molecular formula is C16H38N2V18Y2-4. The summed E-state index contributed by atoms with van der Waals surface area (Å²) < 4.78 is 0. The van der Waals surface area contributed by atoms with Gasteiger partial charge < -0.3 is 30.5 Å². The molecule has 0 bridgehead atoms. The van der Waals surface area contributed by atoms with Crippen molar-refractivity contribution in [2.24, 2.45) is 0 Å². The summed E-state index contributed by atoms with van der Waals surface area (Å²) >= 11 is 0. The van der Waals surface area contributed by atoms with Gasteiger partial charge in [0.2, 0.25) is 0 Å². The average molecular weight is 1350 g/mol. The molecule has 0 aliphatic rings. The first kappa shape index (κ1) is 191. The van der Waals surface area contributed by atoms with Crippen LogP contribution in [0.1, 0.15) is 62.8 Å². The SMILES string of the molecule is C.CC.CC.[CH-]=CN([CH2-])C(C)C.[CH2-]N([CH2-])C(C)C.[V].[V].[V].[V].[V].[V].[V].[V].[V].[V].[V].[V].[V].[V].[V].[V].[V].[V].[Y].[Y]. The van der Waals surface area contributed by atoms with Crippen molar-refractivity contribution in [2.45, 2.75) is 74.9 Å². The van der Waals surface area contributed by atoms with Gasteiger partial charge in [-0.15, -0.1) is 0 Å². The summed E-state index contributed by atoms with van der Waals surface area (Å²) in [6.07, 6.45) is 1.46. The summed E-state index contributed by atoms with van der Waals surface area (Å²) in [5.41, 5.74) is 0. The summed E-state index contributed by atoms with van der Waals surface area (Å²) in [6.45, 7) is 21.2. The molecule has 0 rings (SSSR count). The number of hydrogen-bond donors (Lipinski definition) is 0. The Morgan fingerprint density at radius 3 is 0.553 bits per heavy atom. The van der Waals surface area contributed by atoms with Crippen LogP contribution in [0, 0.1) is 27.7 Å². The summed E-state index contributed by atoms with van der Waals surface area (Å²) in [7, 11) is 10.7. The van der Waals surface area contributed by atoms with Crippen molar-refractivity contribution in [3.05, 3.63) is 33.9 Å². The maximum atomic E-state index is 5.11. The van der Waals surface area contributed by atoms with E-state index in [0.717, 1.165) is 0 Å². The molecule has 20 radical (unpaired) electrons. The Labute approximate surface area is 506 Å². The third kappa shape index (κ3) is 218. The van der Waals surface area contributed by atoms with E-state index in [0.29, 0.717) is 12.1 Å². The Balaban J connectivity index is -0.00000000229. The zero-order valence-electron chi connectivity index (χ0n) is 22.5. The second-order valence-electron chi connectivity index (χ2n) is 3.44. The molecule has 22 heteroatoms. The normalized spacial score (nSPS) is 3.74. The van der Waals surface area contributed by atoms with Crippen LogP contribution in [0.25, 0.3) is 0 Å². The molecule has 0 fully saturated rings. The first-order valence-electron chi connectivity index (χ1n) is 6.37. The number of nitrogens with zero attached hydrogens (tertiary/aromatic N) is 2. The first-order chi connectivity index (χ1) is 7.82. The van der Waals surface area contributed by atoms with Gasteiger partial charge in [-0.25, -0.2) is 6.20 Å². The number of rotatable bonds is 3. The quantitative estimate of drug-likeness (QED) is 0.352. The molecule has 0 aromatic rings. The van der Waals surface area contributed by atoms with E-state index in [-0.39, 0.29) is 407 Å². The van der Waals surface area contributed by atoms with E-state index in [4.69, 9.17) is 6.58 Å².